The summed E-state index contributed by atoms with van der Waals surface area (Å²) in [4.78, 5) is 31.8. The molecule has 2 heterocycles. The van der Waals surface area contributed by atoms with Crippen LogP contribution in [0.3, 0.4) is 0 Å². The Bertz CT molecular complexity index is 545. The van der Waals surface area contributed by atoms with Gasteiger partial charge < -0.3 is 19.3 Å². The Morgan fingerprint density at radius 3 is 2.50 bits per heavy atom. The van der Waals surface area contributed by atoms with Crippen molar-refractivity contribution in [3.63, 3.8) is 0 Å². The third-order valence-electron chi connectivity index (χ3n) is 3.59. The first-order chi connectivity index (χ1) is 11.7. The van der Waals surface area contributed by atoms with Gasteiger partial charge in [-0.15, -0.1) is 0 Å². The van der Waals surface area contributed by atoms with E-state index in [9.17, 15) is 9.59 Å². The van der Waals surface area contributed by atoms with Crippen LogP contribution in [0.4, 0.5) is 10.6 Å². The van der Waals surface area contributed by atoms with Gasteiger partial charge in [0.15, 0.2) is 0 Å². The van der Waals surface area contributed by atoms with Gasteiger partial charge in [0.1, 0.15) is 5.82 Å². The van der Waals surface area contributed by atoms with E-state index in [4.69, 9.17) is 4.74 Å². The van der Waals surface area contributed by atoms with E-state index < -0.39 is 0 Å². The van der Waals surface area contributed by atoms with Crippen LogP contribution < -0.4 is 4.72 Å². The van der Waals surface area contributed by atoms with Crippen LogP contribution in [0.5, 0.6) is 0 Å². The third-order valence-corrected chi connectivity index (χ3v) is 4.55. The summed E-state index contributed by atoms with van der Waals surface area (Å²) in [6.45, 7) is 6.25. The molecule has 1 N–H and O–H groups in total. The fourth-order valence-corrected chi connectivity index (χ4v) is 2.87. The highest BCUT2D eigenvalue weighted by Crippen LogP contribution is 2.13. The number of pyridine rings is 1. The zero-order valence-corrected chi connectivity index (χ0v) is 15.0. The predicted octanol–water partition coefficient (Wildman–Crippen LogP) is 2.47. The fraction of sp³-hybridized carbons (Fsp3) is 0.562. The second-order valence-corrected chi connectivity index (χ2v) is 6.26. The molecule has 0 unspecified atom stereocenters. The van der Waals surface area contributed by atoms with Crippen LogP contribution in [0.2, 0.25) is 0 Å². The van der Waals surface area contributed by atoms with Crippen LogP contribution in [0.15, 0.2) is 18.3 Å². The molecule has 0 atom stereocenters. The first-order valence-corrected chi connectivity index (χ1v) is 9.19. The maximum absolute atomic E-state index is 12.5. The minimum Gasteiger partial charge on any atom is -0.450 e. The molecule has 1 aliphatic rings. The summed E-state index contributed by atoms with van der Waals surface area (Å²) in [6, 6.07) is 3.59. The molecule has 0 saturated carbocycles. The Hall–Kier alpha value is -1.96. The molecule has 2 rings (SSSR count). The van der Waals surface area contributed by atoms with E-state index in [1.54, 1.807) is 40.9 Å². The molecule has 0 aromatic carbocycles. The molecule has 1 saturated heterocycles. The van der Waals surface area contributed by atoms with Crippen molar-refractivity contribution in [1.82, 2.24) is 14.8 Å². The quantitative estimate of drug-likeness (QED) is 0.626. The van der Waals surface area contributed by atoms with E-state index in [2.05, 4.69) is 16.6 Å². The van der Waals surface area contributed by atoms with Crippen molar-refractivity contribution in [1.29, 1.82) is 0 Å². The van der Waals surface area contributed by atoms with Crippen molar-refractivity contribution in [3.05, 3.63) is 23.9 Å². The average molecular weight is 352 g/mol. The molecule has 0 radical (unpaired) electrons. The number of piperazine rings is 1. The standard InChI is InChI=1S/C16H24N4O3S/c1-3-11-24-18-14-6-5-13(12-17-14)15(21)19-7-9-20(10-8-19)16(22)23-4-2/h5-6,12H,3-4,7-11H2,1-2H3,(H,17,18). The van der Waals surface area contributed by atoms with Crippen molar-refractivity contribution >= 4 is 29.8 Å². The van der Waals surface area contributed by atoms with Crippen LogP contribution in [0.25, 0.3) is 0 Å². The van der Waals surface area contributed by atoms with Crippen LogP contribution >= 0.6 is 11.9 Å². The number of carbonyl (C=O) groups is 2. The van der Waals surface area contributed by atoms with E-state index in [0.717, 1.165) is 18.0 Å². The Balaban J connectivity index is 1.85. The van der Waals surface area contributed by atoms with Gasteiger partial charge in [-0.1, -0.05) is 18.9 Å². The molecular formula is C16H24N4O3S. The summed E-state index contributed by atoms with van der Waals surface area (Å²) >= 11 is 1.60. The lowest BCUT2D eigenvalue weighted by Crippen LogP contribution is -2.50. The summed E-state index contributed by atoms with van der Waals surface area (Å²) in [6.07, 6.45) is 2.37. The molecule has 0 aliphatic carbocycles. The van der Waals surface area contributed by atoms with E-state index in [-0.39, 0.29) is 12.0 Å². The Kier molecular flexibility index (Phi) is 7.17. The van der Waals surface area contributed by atoms with Gasteiger partial charge in [0, 0.05) is 38.1 Å². The number of rotatable bonds is 6. The third kappa shape index (κ3) is 5.02. The lowest BCUT2D eigenvalue weighted by molar-refractivity contribution is 0.0570. The lowest BCUT2D eigenvalue weighted by atomic mass is 10.2. The minimum atomic E-state index is -0.314. The Labute approximate surface area is 146 Å². The van der Waals surface area contributed by atoms with Gasteiger partial charge in [-0.3, -0.25) is 4.79 Å². The average Bonchev–Trinajstić information content (AvgIpc) is 2.62. The van der Waals surface area contributed by atoms with Gasteiger partial charge in [-0.2, -0.15) is 0 Å². The summed E-state index contributed by atoms with van der Waals surface area (Å²) in [5.41, 5.74) is 0.561. The molecule has 2 amide bonds. The number of anilines is 1. The van der Waals surface area contributed by atoms with Gasteiger partial charge >= 0.3 is 6.09 Å². The number of hydrogen-bond donors (Lipinski definition) is 1. The summed E-state index contributed by atoms with van der Waals surface area (Å²) in [5, 5.41) is 0. The van der Waals surface area contributed by atoms with E-state index in [1.807, 2.05) is 6.07 Å². The van der Waals surface area contributed by atoms with Crippen molar-refractivity contribution in [2.24, 2.45) is 0 Å². The molecule has 0 bridgehead atoms. The van der Waals surface area contributed by atoms with Gasteiger partial charge in [0.25, 0.3) is 5.91 Å². The Morgan fingerprint density at radius 1 is 1.21 bits per heavy atom. The van der Waals surface area contributed by atoms with Crippen LogP contribution in [-0.2, 0) is 4.74 Å². The molecule has 0 spiro atoms. The summed E-state index contributed by atoms with van der Waals surface area (Å²) < 4.78 is 8.12. The lowest BCUT2D eigenvalue weighted by Gasteiger charge is -2.34. The van der Waals surface area contributed by atoms with E-state index >= 15 is 0 Å². The molecule has 1 fully saturated rings. The number of ether oxygens (including phenoxy) is 1. The van der Waals surface area contributed by atoms with Crippen LogP contribution in [-0.4, -0.2) is 65.3 Å². The molecule has 1 aromatic rings. The first kappa shape index (κ1) is 18.4. The van der Waals surface area contributed by atoms with Crippen LogP contribution in [0.1, 0.15) is 30.6 Å². The largest absolute Gasteiger partial charge is 0.450 e. The van der Waals surface area contributed by atoms with Gasteiger partial charge in [-0.05, 0) is 25.5 Å². The number of aromatic nitrogens is 1. The second kappa shape index (κ2) is 9.36. The highest BCUT2D eigenvalue weighted by Gasteiger charge is 2.25. The number of amides is 2. The number of nitrogens with zero attached hydrogens (tertiary/aromatic N) is 3. The van der Waals surface area contributed by atoms with Gasteiger partial charge in [0.05, 0.1) is 12.2 Å². The number of carbonyl (C=O) groups excluding carboxylic acids is 2. The fourth-order valence-electron chi connectivity index (χ4n) is 2.30. The summed E-state index contributed by atoms with van der Waals surface area (Å²) in [5.74, 6) is 1.70. The highest BCUT2D eigenvalue weighted by molar-refractivity contribution is 8.00. The smallest absolute Gasteiger partial charge is 0.409 e. The van der Waals surface area contributed by atoms with E-state index in [0.29, 0.717) is 38.3 Å². The molecule has 8 heteroatoms. The zero-order valence-electron chi connectivity index (χ0n) is 14.2. The maximum Gasteiger partial charge on any atom is 0.409 e. The molecule has 1 aliphatic heterocycles. The van der Waals surface area contributed by atoms with Crippen LogP contribution in [0, 0.1) is 0 Å². The molecule has 1 aromatic heterocycles. The molecule has 132 valence electrons. The predicted molar refractivity (Wildman–Crippen MR) is 95.1 cm³/mol. The molecular weight excluding hydrogens is 328 g/mol. The normalized spacial score (nSPS) is 14.4. The molecule has 7 nitrogen and oxygen atoms in total. The SMILES string of the molecule is CCCSNc1ccc(C(=O)N2CCN(C(=O)OCC)CC2)cn1. The highest BCUT2D eigenvalue weighted by atomic mass is 32.2. The number of hydrogen-bond acceptors (Lipinski definition) is 6. The zero-order chi connectivity index (χ0) is 17.4. The Morgan fingerprint density at radius 2 is 1.92 bits per heavy atom. The van der Waals surface area contributed by atoms with Crippen molar-refractivity contribution in [2.45, 2.75) is 20.3 Å². The summed E-state index contributed by atoms with van der Waals surface area (Å²) in [7, 11) is 0. The van der Waals surface area contributed by atoms with Gasteiger partial charge in [-0.25, -0.2) is 9.78 Å². The number of nitrogens with one attached hydrogen (secondary N) is 1. The minimum absolute atomic E-state index is 0.0567. The topological polar surface area (TPSA) is 74.8 Å². The van der Waals surface area contributed by atoms with Crippen molar-refractivity contribution in [2.75, 3.05) is 43.3 Å². The second-order valence-electron chi connectivity index (χ2n) is 5.36. The van der Waals surface area contributed by atoms with E-state index in [1.165, 1.54) is 0 Å². The van der Waals surface area contributed by atoms with Crippen molar-refractivity contribution < 1.29 is 14.3 Å². The monoisotopic (exact) mass is 352 g/mol. The first-order valence-electron chi connectivity index (χ1n) is 8.20. The molecule has 24 heavy (non-hydrogen) atoms. The van der Waals surface area contributed by atoms with Crippen molar-refractivity contribution in [3.8, 4) is 0 Å². The van der Waals surface area contributed by atoms with Gasteiger partial charge in [0.2, 0.25) is 0 Å². The maximum atomic E-state index is 12.5.